The molecule has 1 heterocycles. The molecular weight excluding hydrogens is 234 g/mol. The molecule has 0 fully saturated rings. The van der Waals surface area contributed by atoms with Gasteiger partial charge in [-0.15, -0.1) is 0 Å². The SMILES string of the molecule is CCCC(=O)OC(C(=O)OCC)c1ccccn1. The van der Waals surface area contributed by atoms with E-state index in [1.807, 2.05) is 6.92 Å². The van der Waals surface area contributed by atoms with E-state index in [0.29, 0.717) is 12.1 Å². The van der Waals surface area contributed by atoms with Crippen LogP contribution in [0.25, 0.3) is 0 Å². The molecule has 0 aliphatic carbocycles. The molecule has 0 aliphatic rings. The number of nitrogens with zero attached hydrogens (tertiary/aromatic N) is 1. The number of aromatic nitrogens is 1. The van der Waals surface area contributed by atoms with Gasteiger partial charge in [-0.05, 0) is 25.5 Å². The van der Waals surface area contributed by atoms with Crippen LogP contribution in [0.15, 0.2) is 24.4 Å². The zero-order chi connectivity index (χ0) is 13.4. The monoisotopic (exact) mass is 251 g/mol. The lowest BCUT2D eigenvalue weighted by Gasteiger charge is -2.15. The smallest absolute Gasteiger partial charge is 0.353 e. The largest absolute Gasteiger partial charge is 0.463 e. The van der Waals surface area contributed by atoms with E-state index in [0.717, 1.165) is 0 Å². The molecule has 1 rings (SSSR count). The molecule has 5 nitrogen and oxygen atoms in total. The number of rotatable bonds is 6. The first kappa shape index (κ1) is 14.2. The highest BCUT2D eigenvalue weighted by atomic mass is 16.6. The maximum atomic E-state index is 11.7. The maximum absolute atomic E-state index is 11.7. The summed E-state index contributed by atoms with van der Waals surface area (Å²) in [5.74, 6) is -1.03. The van der Waals surface area contributed by atoms with Gasteiger partial charge in [0, 0.05) is 12.6 Å². The van der Waals surface area contributed by atoms with E-state index in [9.17, 15) is 9.59 Å². The minimum Gasteiger partial charge on any atom is -0.463 e. The van der Waals surface area contributed by atoms with Gasteiger partial charge >= 0.3 is 11.9 Å². The molecule has 0 N–H and O–H groups in total. The summed E-state index contributed by atoms with van der Waals surface area (Å²) < 4.78 is 10.00. The van der Waals surface area contributed by atoms with Crippen LogP contribution in [-0.2, 0) is 19.1 Å². The van der Waals surface area contributed by atoms with Crippen molar-refractivity contribution >= 4 is 11.9 Å². The summed E-state index contributed by atoms with van der Waals surface area (Å²) >= 11 is 0. The highest BCUT2D eigenvalue weighted by molar-refractivity contribution is 5.80. The Morgan fingerprint density at radius 2 is 2.11 bits per heavy atom. The summed E-state index contributed by atoms with van der Waals surface area (Å²) in [7, 11) is 0. The topological polar surface area (TPSA) is 65.5 Å². The molecule has 98 valence electrons. The van der Waals surface area contributed by atoms with Crippen LogP contribution >= 0.6 is 0 Å². The van der Waals surface area contributed by atoms with Gasteiger partial charge in [0.1, 0.15) is 0 Å². The molecule has 1 unspecified atom stereocenters. The maximum Gasteiger partial charge on any atom is 0.353 e. The van der Waals surface area contributed by atoms with E-state index in [1.165, 1.54) is 6.20 Å². The Bertz CT molecular complexity index is 391. The van der Waals surface area contributed by atoms with Gasteiger partial charge in [0.2, 0.25) is 6.10 Å². The Kier molecular flexibility index (Phi) is 5.84. The van der Waals surface area contributed by atoms with Gasteiger partial charge in [0.25, 0.3) is 0 Å². The molecule has 0 saturated carbocycles. The van der Waals surface area contributed by atoms with Crippen molar-refractivity contribution in [2.45, 2.75) is 32.8 Å². The fourth-order valence-corrected chi connectivity index (χ4v) is 1.37. The van der Waals surface area contributed by atoms with Crippen LogP contribution in [0.3, 0.4) is 0 Å². The molecule has 0 aromatic carbocycles. The zero-order valence-corrected chi connectivity index (χ0v) is 10.6. The van der Waals surface area contributed by atoms with Crippen LogP contribution < -0.4 is 0 Å². The number of hydrogen-bond acceptors (Lipinski definition) is 5. The van der Waals surface area contributed by atoms with E-state index < -0.39 is 18.0 Å². The number of hydrogen-bond donors (Lipinski definition) is 0. The molecule has 0 radical (unpaired) electrons. The van der Waals surface area contributed by atoms with Gasteiger partial charge in [-0.2, -0.15) is 0 Å². The summed E-state index contributed by atoms with van der Waals surface area (Å²) in [6.45, 7) is 3.79. The molecule has 0 aliphatic heterocycles. The van der Waals surface area contributed by atoms with E-state index in [-0.39, 0.29) is 13.0 Å². The normalized spacial score (nSPS) is 11.7. The van der Waals surface area contributed by atoms with E-state index in [1.54, 1.807) is 25.1 Å². The second kappa shape index (κ2) is 7.42. The Morgan fingerprint density at radius 1 is 1.33 bits per heavy atom. The minimum absolute atomic E-state index is 0.230. The zero-order valence-electron chi connectivity index (χ0n) is 10.6. The minimum atomic E-state index is -1.08. The Labute approximate surface area is 106 Å². The van der Waals surface area contributed by atoms with Crippen molar-refractivity contribution in [2.24, 2.45) is 0 Å². The van der Waals surface area contributed by atoms with Gasteiger partial charge in [0.05, 0.1) is 12.3 Å². The Hall–Kier alpha value is -1.91. The van der Waals surface area contributed by atoms with Crippen molar-refractivity contribution in [1.29, 1.82) is 0 Å². The van der Waals surface area contributed by atoms with Crippen LogP contribution in [0.1, 0.15) is 38.5 Å². The first-order valence-electron chi connectivity index (χ1n) is 5.96. The van der Waals surface area contributed by atoms with E-state index in [4.69, 9.17) is 9.47 Å². The number of pyridine rings is 1. The quantitative estimate of drug-likeness (QED) is 0.724. The lowest BCUT2D eigenvalue weighted by atomic mass is 10.2. The van der Waals surface area contributed by atoms with Crippen molar-refractivity contribution in [1.82, 2.24) is 4.98 Å². The van der Waals surface area contributed by atoms with Crippen molar-refractivity contribution in [3.05, 3.63) is 30.1 Å². The summed E-state index contributed by atoms with van der Waals surface area (Å²) in [5, 5.41) is 0. The van der Waals surface area contributed by atoms with Crippen LogP contribution in [-0.4, -0.2) is 23.5 Å². The lowest BCUT2D eigenvalue weighted by molar-refractivity contribution is -0.168. The first-order chi connectivity index (χ1) is 8.69. The molecule has 0 bridgehead atoms. The highest BCUT2D eigenvalue weighted by Gasteiger charge is 2.27. The summed E-state index contributed by atoms with van der Waals surface area (Å²) in [4.78, 5) is 27.2. The van der Waals surface area contributed by atoms with Crippen LogP contribution in [0.2, 0.25) is 0 Å². The summed E-state index contributed by atoms with van der Waals surface area (Å²) in [6, 6.07) is 5.07. The van der Waals surface area contributed by atoms with Crippen LogP contribution in [0.4, 0.5) is 0 Å². The van der Waals surface area contributed by atoms with E-state index >= 15 is 0 Å². The fraction of sp³-hybridized carbons (Fsp3) is 0.462. The van der Waals surface area contributed by atoms with Crippen LogP contribution in [0, 0.1) is 0 Å². The molecule has 0 saturated heterocycles. The summed E-state index contributed by atoms with van der Waals surface area (Å²) in [5.41, 5.74) is 0.375. The van der Waals surface area contributed by atoms with Gasteiger partial charge in [0.15, 0.2) is 0 Å². The van der Waals surface area contributed by atoms with Crippen molar-refractivity contribution in [3.8, 4) is 0 Å². The second-order valence-electron chi connectivity index (χ2n) is 3.63. The molecular formula is C13H17NO4. The third-order valence-corrected chi connectivity index (χ3v) is 2.16. The predicted molar refractivity (Wildman–Crippen MR) is 64.6 cm³/mol. The second-order valence-corrected chi connectivity index (χ2v) is 3.63. The molecule has 5 heteroatoms. The fourth-order valence-electron chi connectivity index (χ4n) is 1.37. The standard InChI is InChI=1S/C13H17NO4/c1-3-7-11(15)18-12(13(16)17-4-2)10-8-5-6-9-14-10/h5-6,8-9,12H,3-4,7H2,1-2H3. The molecule has 0 amide bonds. The average Bonchev–Trinajstić information content (AvgIpc) is 2.37. The lowest BCUT2D eigenvalue weighted by Crippen LogP contribution is -2.22. The number of esters is 2. The van der Waals surface area contributed by atoms with Crippen molar-refractivity contribution in [2.75, 3.05) is 6.61 Å². The third kappa shape index (κ3) is 4.16. The van der Waals surface area contributed by atoms with Gasteiger partial charge in [-0.3, -0.25) is 9.78 Å². The van der Waals surface area contributed by atoms with Crippen molar-refractivity contribution in [3.63, 3.8) is 0 Å². The van der Waals surface area contributed by atoms with Gasteiger partial charge in [-0.25, -0.2) is 4.79 Å². The molecule has 1 aromatic rings. The van der Waals surface area contributed by atoms with Gasteiger partial charge < -0.3 is 9.47 Å². The molecule has 0 spiro atoms. The van der Waals surface area contributed by atoms with Crippen LogP contribution in [0.5, 0.6) is 0 Å². The predicted octanol–water partition coefficient (Wildman–Crippen LogP) is 2.03. The molecule has 1 atom stereocenters. The Morgan fingerprint density at radius 3 is 2.67 bits per heavy atom. The number of ether oxygens (including phenoxy) is 2. The number of carbonyl (C=O) groups excluding carboxylic acids is 2. The average molecular weight is 251 g/mol. The Balaban J connectivity index is 2.82. The summed E-state index contributed by atoms with van der Waals surface area (Å²) in [6.07, 6.45) is 1.39. The van der Waals surface area contributed by atoms with Gasteiger partial charge in [-0.1, -0.05) is 13.0 Å². The first-order valence-corrected chi connectivity index (χ1v) is 5.96. The van der Waals surface area contributed by atoms with E-state index in [2.05, 4.69) is 4.98 Å². The highest BCUT2D eigenvalue weighted by Crippen LogP contribution is 2.17. The molecule has 18 heavy (non-hydrogen) atoms. The van der Waals surface area contributed by atoms with Crippen molar-refractivity contribution < 1.29 is 19.1 Å². The number of carbonyl (C=O) groups is 2. The third-order valence-electron chi connectivity index (χ3n) is 2.16. The molecule has 1 aromatic heterocycles.